The maximum atomic E-state index is 12.5. The summed E-state index contributed by atoms with van der Waals surface area (Å²) in [6, 6.07) is 6.47. The van der Waals surface area contributed by atoms with E-state index in [2.05, 4.69) is 10.6 Å². The van der Waals surface area contributed by atoms with E-state index in [4.69, 9.17) is 0 Å². The van der Waals surface area contributed by atoms with Crippen molar-refractivity contribution in [3.8, 4) is 0 Å². The molecule has 1 heterocycles. The van der Waals surface area contributed by atoms with Crippen LogP contribution in [0.15, 0.2) is 29.2 Å². The van der Waals surface area contributed by atoms with Crippen molar-refractivity contribution in [2.45, 2.75) is 37.6 Å². The van der Waals surface area contributed by atoms with Crippen LogP contribution >= 0.6 is 0 Å². The van der Waals surface area contributed by atoms with Crippen molar-refractivity contribution >= 4 is 16.1 Å². The highest BCUT2D eigenvalue weighted by molar-refractivity contribution is 7.89. The van der Waals surface area contributed by atoms with Gasteiger partial charge in [-0.2, -0.15) is 4.31 Å². The molecule has 0 unspecified atom stereocenters. The zero-order valence-corrected chi connectivity index (χ0v) is 13.7. The molecule has 0 aliphatic carbocycles. The van der Waals surface area contributed by atoms with E-state index >= 15 is 0 Å². The summed E-state index contributed by atoms with van der Waals surface area (Å²) in [6.45, 7) is 3.99. The second-order valence-corrected chi connectivity index (χ2v) is 7.26. The van der Waals surface area contributed by atoms with Gasteiger partial charge in [-0.25, -0.2) is 13.2 Å². The third kappa shape index (κ3) is 4.20. The molecule has 7 heteroatoms. The molecule has 6 nitrogen and oxygen atoms in total. The fourth-order valence-corrected chi connectivity index (χ4v) is 3.96. The highest BCUT2D eigenvalue weighted by atomic mass is 32.2. The SMILES string of the molecule is CCNC(=O)NCc1ccc(S(=O)(=O)N2CCCCC2)cc1. The number of urea groups is 1. The molecule has 1 fully saturated rings. The van der Waals surface area contributed by atoms with Crippen molar-refractivity contribution in [3.05, 3.63) is 29.8 Å². The Balaban J connectivity index is 2.00. The van der Waals surface area contributed by atoms with Crippen LogP contribution in [-0.2, 0) is 16.6 Å². The Morgan fingerprint density at radius 1 is 1.09 bits per heavy atom. The first-order valence-electron chi connectivity index (χ1n) is 7.65. The van der Waals surface area contributed by atoms with Gasteiger partial charge in [0.15, 0.2) is 0 Å². The lowest BCUT2D eigenvalue weighted by Gasteiger charge is -2.25. The van der Waals surface area contributed by atoms with Crippen molar-refractivity contribution in [2.24, 2.45) is 0 Å². The van der Waals surface area contributed by atoms with Crippen LogP contribution in [0.2, 0.25) is 0 Å². The van der Waals surface area contributed by atoms with E-state index in [0.717, 1.165) is 24.8 Å². The number of benzene rings is 1. The first-order valence-corrected chi connectivity index (χ1v) is 9.09. The highest BCUT2D eigenvalue weighted by Crippen LogP contribution is 2.20. The Morgan fingerprint density at radius 3 is 2.32 bits per heavy atom. The molecule has 0 spiro atoms. The number of sulfonamides is 1. The second kappa shape index (κ2) is 7.60. The van der Waals surface area contributed by atoms with E-state index in [1.54, 1.807) is 28.6 Å². The van der Waals surface area contributed by atoms with Gasteiger partial charge in [-0.3, -0.25) is 0 Å². The van der Waals surface area contributed by atoms with E-state index in [0.29, 0.717) is 31.1 Å². The van der Waals surface area contributed by atoms with Crippen molar-refractivity contribution in [2.75, 3.05) is 19.6 Å². The highest BCUT2D eigenvalue weighted by Gasteiger charge is 2.25. The maximum Gasteiger partial charge on any atom is 0.315 e. The van der Waals surface area contributed by atoms with E-state index in [1.807, 2.05) is 6.92 Å². The van der Waals surface area contributed by atoms with Gasteiger partial charge in [-0.15, -0.1) is 0 Å². The Labute approximate surface area is 131 Å². The lowest BCUT2D eigenvalue weighted by atomic mass is 10.2. The van der Waals surface area contributed by atoms with E-state index < -0.39 is 10.0 Å². The Bertz CT molecular complexity index is 593. The van der Waals surface area contributed by atoms with Crippen LogP contribution < -0.4 is 10.6 Å². The Hall–Kier alpha value is -1.60. The quantitative estimate of drug-likeness (QED) is 0.864. The van der Waals surface area contributed by atoms with Gasteiger partial charge in [0.25, 0.3) is 0 Å². The standard InChI is InChI=1S/C15H23N3O3S/c1-2-16-15(19)17-12-13-6-8-14(9-7-13)22(20,21)18-10-4-3-5-11-18/h6-9H,2-5,10-12H2,1H3,(H2,16,17,19). The average molecular weight is 325 g/mol. The maximum absolute atomic E-state index is 12.5. The number of nitrogens with one attached hydrogen (secondary N) is 2. The zero-order valence-electron chi connectivity index (χ0n) is 12.8. The molecule has 1 aliphatic rings. The molecule has 122 valence electrons. The van der Waals surface area contributed by atoms with Gasteiger partial charge in [-0.05, 0) is 37.5 Å². The van der Waals surface area contributed by atoms with Crippen LogP contribution in [0.3, 0.4) is 0 Å². The van der Waals surface area contributed by atoms with E-state index in [-0.39, 0.29) is 6.03 Å². The van der Waals surface area contributed by atoms with E-state index in [9.17, 15) is 13.2 Å². The van der Waals surface area contributed by atoms with Crippen LogP contribution in [0.1, 0.15) is 31.7 Å². The number of amides is 2. The summed E-state index contributed by atoms with van der Waals surface area (Å²) < 4.78 is 26.5. The monoisotopic (exact) mass is 325 g/mol. The molecule has 1 aliphatic heterocycles. The fourth-order valence-electron chi connectivity index (χ4n) is 2.44. The summed E-state index contributed by atoms with van der Waals surface area (Å²) >= 11 is 0. The molecule has 0 radical (unpaired) electrons. The normalized spacial score (nSPS) is 16.2. The number of hydrogen-bond acceptors (Lipinski definition) is 3. The predicted molar refractivity (Wildman–Crippen MR) is 85.0 cm³/mol. The van der Waals surface area contributed by atoms with Gasteiger partial charge in [0, 0.05) is 26.2 Å². The molecule has 0 aromatic heterocycles. The summed E-state index contributed by atoms with van der Waals surface area (Å²) in [4.78, 5) is 11.6. The summed E-state index contributed by atoms with van der Waals surface area (Å²) in [5.74, 6) is 0. The number of carbonyl (C=O) groups excluding carboxylic acids is 1. The number of piperidine rings is 1. The molecule has 22 heavy (non-hydrogen) atoms. The minimum atomic E-state index is -3.39. The third-order valence-corrected chi connectivity index (χ3v) is 5.58. The number of nitrogens with zero attached hydrogens (tertiary/aromatic N) is 1. The van der Waals surface area contributed by atoms with Crippen molar-refractivity contribution in [1.29, 1.82) is 0 Å². The molecule has 0 saturated carbocycles. The molecular formula is C15H23N3O3S. The van der Waals surface area contributed by atoms with Crippen molar-refractivity contribution < 1.29 is 13.2 Å². The fraction of sp³-hybridized carbons (Fsp3) is 0.533. The van der Waals surface area contributed by atoms with Gasteiger partial charge in [0.1, 0.15) is 0 Å². The van der Waals surface area contributed by atoms with Crippen LogP contribution in [0.4, 0.5) is 4.79 Å². The first kappa shape index (κ1) is 16.8. The lowest BCUT2D eigenvalue weighted by molar-refractivity contribution is 0.241. The van der Waals surface area contributed by atoms with Gasteiger partial charge in [0.05, 0.1) is 4.90 Å². The minimum Gasteiger partial charge on any atom is -0.338 e. The molecular weight excluding hydrogens is 302 g/mol. The van der Waals surface area contributed by atoms with Gasteiger partial charge in [0.2, 0.25) is 10.0 Å². The number of carbonyl (C=O) groups is 1. The predicted octanol–water partition coefficient (Wildman–Crippen LogP) is 1.68. The van der Waals surface area contributed by atoms with Crippen molar-refractivity contribution in [3.63, 3.8) is 0 Å². The zero-order chi connectivity index (χ0) is 16.0. The summed E-state index contributed by atoms with van der Waals surface area (Å²) in [7, 11) is -3.39. The third-order valence-electron chi connectivity index (χ3n) is 3.67. The summed E-state index contributed by atoms with van der Waals surface area (Å²) in [6.07, 6.45) is 2.94. The van der Waals surface area contributed by atoms with Crippen LogP contribution in [-0.4, -0.2) is 38.4 Å². The molecule has 0 bridgehead atoms. The second-order valence-electron chi connectivity index (χ2n) is 5.32. The van der Waals surface area contributed by atoms with Gasteiger partial charge >= 0.3 is 6.03 Å². The number of rotatable bonds is 5. The Morgan fingerprint density at radius 2 is 1.73 bits per heavy atom. The smallest absolute Gasteiger partial charge is 0.315 e. The summed E-state index contributed by atoms with van der Waals surface area (Å²) in [5, 5.41) is 5.35. The topological polar surface area (TPSA) is 78.5 Å². The van der Waals surface area contributed by atoms with Crippen LogP contribution in [0.5, 0.6) is 0 Å². The van der Waals surface area contributed by atoms with Crippen molar-refractivity contribution in [1.82, 2.24) is 14.9 Å². The largest absolute Gasteiger partial charge is 0.338 e. The molecule has 0 atom stereocenters. The lowest BCUT2D eigenvalue weighted by Crippen LogP contribution is -2.35. The molecule has 2 amide bonds. The molecule has 2 N–H and O–H groups in total. The van der Waals surface area contributed by atoms with Crippen LogP contribution in [0, 0.1) is 0 Å². The molecule has 1 aromatic rings. The summed E-state index contributed by atoms with van der Waals surface area (Å²) in [5.41, 5.74) is 0.865. The minimum absolute atomic E-state index is 0.229. The molecule has 1 aromatic carbocycles. The van der Waals surface area contributed by atoms with Gasteiger partial charge < -0.3 is 10.6 Å². The van der Waals surface area contributed by atoms with Gasteiger partial charge in [-0.1, -0.05) is 18.6 Å². The first-order chi connectivity index (χ1) is 10.5. The van der Waals surface area contributed by atoms with E-state index in [1.165, 1.54) is 0 Å². The number of hydrogen-bond donors (Lipinski definition) is 2. The van der Waals surface area contributed by atoms with Crippen LogP contribution in [0.25, 0.3) is 0 Å². The molecule has 1 saturated heterocycles. The average Bonchev–Trinajstić information content (AvgIpc) is 2.54. The Kier molecular flexibility index (Phi) is 5.79. The molecule has 2 rings (SSSR count).